The van der Waals surface area contributed by atoms with Crippen molar-refractivity contribution in [2.45, 2.75) is 122 Å². The van der Waals surface area contributed by atoms with Gasteiger partial charge in [-0.25, -0.2) is 0 Å². The van der Waals surface area contributed by atoms with Gasteiger partial charge in [0.2, 0.25) is 12.1 Å². The molecule has 0 saturated carbocycles. The topological polar surface area (TPSA) is 124 Å². The summed E-state index contributed by atoms with van der Waals surface area (Å²) >= 11 is 0. The SMILES string of the molecule is CCC1OC(OC(CCOC(C)(C)O)C2=C(C(OC)OC)OC(C)(C)O2)C(O)C2OC(C)(C)OC12. The Labute approximate surface area is 207 Å². The summed E-state index contributed by atoms with van der Waals surface area (Å²) in [4.78, 5) is 0. The molecule has 0 amide bonds. The van der Waals surface area contributed by atoms with Crippen molar-refractivity contribution in [3.63, 3.8) is 0 Å². The van der Waals surface area contributed by atoms with Crippen LogP contribution in [0.3, 0.4) is 0 Å². The van der Waals surface area contributed by atoms with E-state index < -0.39 is 54.4 Å². The molecule has 6 atom stereocenters. The number of rotatable bonds is 11. The second kappa shape index (κ2) is 10.8. The number of hydrogen-bond donors (Lipinski definition) is 2. The largest absolute Gasteiger partial charge is 0.451 e. The zero-order chi connectivity index (χ0) is 26.2. The minimum Gasteiger partial charge on any atom is -0.451 e. The summed E-state index contributed by atoms with van der Waals surface area (Å²) in [5.41, 5.74) is 0. The Morgan fingerprint density at radius 3 is 2.14 bits per heavy atom. The molecule has 0 aromatic rings. The van der Waals surface area contributed by atoms with Crippen LogP contribution >= 0.6 is 0 Å². The summed E-state index contributed by atoms with van der Waals surface area (Å²) in [6, 6.07) is 0. The van der Waals surface area contributed by atoms with Crippen LogP contribution in [0.15, 0.2) is 11.5 Å². The highest BCUT2D eigenvalue weighted by atomic mass is 16.8. The van der Waals surface area contributed by atoms with Gasteiger partial charge in [0.15, 0.2) is 29.4 Å². The average molecular weight is 507 g/mol. The van der Waals surface area contributed by atoms with Gasteiger partial charge in [-0.15, -0.1) is 0 Å². The number of methoxy groups -OCH3 is 2. The van der Waals surface area contributed by atoms with Crippen molar-refractivity contribution in [3.05, 3.63) is 11.5 Å². The smallest absolute Gasteiger partial charge is 0.245 e. The molecule has 3 heterocycles. The van der Waals surface area contributed by atoms with Crippen molar-refractivity contribution >= 4 is 0 Å². The molecule has 204 valence electrons. The van der Waals surface area contributed by atoms with Crippen molar-refractivity contribution in [3.8, 4) is 0 Å². The van der Waals surface area contributed by atoms with E-state index in [0.717, 1.165) is 0 Å². The van der Waals surface area contributed by atoms with Crippen LogP contribution in [0.25, 0.3) is 0 Å². The van der Waals surface area contributed by atoms with Crippen LogP contribution in [0, 0.1) is 0 Å². The molecule has 3 aliphatic rings. The standard InChI is InChI=1S/C24H42O11/c1-10-13-16-18(34-23(4,5)32-16)15(25)20(30-13)31-14(11-12-29-22(2,3)26)17-19(21(27-8)28-9)35-24(6,7)33-17/h13-16,18,20-21,25-26H,10-12H2,1-9H3. The third kappa shape index (κ3) is 6.85. The molecule has 0 spiro atoms. The van der Waals surface area contributed by atoms with Gasteiger partial charge < -0.3 is 52.8 Å². The molecule has 2 N–H and O–H groups in total. The molecule has 0 aliphatic carbocycles. The van der Waals surface area contributed by atoms with E-state index >= 15 is 0 Å². The maximum atomic E-state index is 11.1. The Morgan fingerprint density at radius 2 is 1.57 bits per heavy atom. The average Bonchev–Trinajstić information content (AvgIpc) is 3.24. The van der Waals surface area contributed by atoms with E-state index in [0.29, 0.717) is 17.9 Å². The van der Waals surface area contributed by atoms with Crippen molar-refractivity contribution in [2.75, 3.05) is 20.8 Å². The fraction of sp³-hybridized carbons (Fsp3) is 0.917. The molecule has 6 unspecified atom stereocenters. The molecule has 3 rings (SSSR count). The lowest BCUT2D eigenvalue weighted by molar-refractivity contribution is -0.292. The highest BCUT2D eigenvalue weighted by molar-refractivity contribution is 5.15. The first-order valence-corrected chi connectivity index (χ1v) is 12.1. The highest BCUT2D eigenvalue weighted by Gasteiger charge is 2.55. The maximum Gasteiger partial charge on any atom is 0.245 e. The predicted molar refractivity (Wildman–Crippen MR) is 122 cm³/mol. The van der Waals surface area contributed by atoms with Crippen LogP contribution in [0.4, 0.5) is 0 Å². The molecule has 3 aliphatic heterocycles. The number of fused-ring (bicyclic) bond motifs is 1. The first-order chi connectivity index (χ1) is 16.2. The molecule has 11 heteroatoms. The summed E-state index contributed by atoms with van der Waals surface area (Å²) in [5, 5.41) is 21.1. The molecule has 0 radical (unpaired) electrons. The van der Waals surface area contributed by atoms with Gasteiger partial charge in [0, 0.05) is 34.5 Å². The molecule has 0 aromatic heterocycles. The molecule has 2 saturated heterocycles. The van der Waals surface area contributed by atoms with Gasteiger partial charge in [-0.3, -0.25) is 0 Å². The number of aliphatic hydroxyl groups is 2. The van der Waals surface area contributed by atoms with Crippen molar-refractivity contribution in [1.82, 2.24) is 0 Å². The summed E-state index contributed by atoms with van der Waals surface area (Å²) in [6.45, 7) is 12.3. The number of hydrogen-bond acceptors (Lipinski definition) is 11. The van der Waals surface area contributed by atoms with Crippen LogP contribution in [0.1, 0.15) is 61.3 Å². The third-order valence-electron chi connectivity index (χ3n) is 5.88. The van der Waals surface area contributed by atoms with E-state index in [1.54, 1.807) is 27.7 Å². The van der Waals surface area contributed by atoms with E-state index in [2.05, 4.69) is 0 Å². The van der Waals surface area contributed by atoms with E-state index in [1.807, 2.05) is 6.92 Å². The predicted octanol–water partition coefficient (Wildman–Crippen LogP) is 2.14. The van der Waals surface area contributed by atoms with Crippen molar-refractivity contribution in [1.29, 1.82) is 0 Å². The number of ether oxygens (including phenoxy) is 9. The van der Waals surface area contributed by atoms with Crippen LogP contribution < -0.4 is 0 Å². The van der Waals surface area contributed by atoms with Crippen molar-refractivity contribution < 1.29 is 52.8 Å². The molecule has 0 aromatic carbocycles. The maximum absolute atomic E-state index is 11.1. The molecular formula is C24H42O11. The lowest BCUT2D eigenvalue weighted by Gasteiger charge is -2.41. The molecule has 35 heavy (non-hydrogen) atoms. The zero-order valence-electron chi connectivity index (χ0n) is 22.2. The first-order valence-electron chi connectivity index (χ1n) is 12.1. The fourth-order valence-electron chi connectivity index (χ4n) is 4.48. The zero-order valence-corrected chi connectivity index (χ0v) is 22.2. The minimum atomic E-state index is -1.34. The Morgan fingerprint density at radius 1 is 0.971 bits per heavy atom. The van der Waals surface area contributed by atoms with Crippen LogP contribution in [-0.2, 0) is 42.6 Å². The van der Waals surface area contributed by atoms with E-state index in [9.17, 15) is 10.2 Å². The summed E-state index contributed by atoms with van der Waals surface area (Å²) in [5.74, 6) is -2.55. The molecule has 11 nitrogen and oxygen atoms in total. The lowest BCUT2D eigenvalue weighted by atomic mass is 9.97. The van der Waals surface area contributed by atoms with Crippen LogP contribution in [0.2, 0.25) is 0 Å². The summed E-state index contributed by atoms with van der Waals surface area (Å²) in [6.07, 6.45) is -4.31. The first kappa shape index (κ1) is 28.5. The summed E-state index contributed by atoms with van der Waals surface area (Å²) < 4.78 is 52.9. The quantitative estimate of drug-likeness (QED) is 0.401. The van der Waals surface area contributed by atoms with Crippen LogP contribution in [0.5, 0.6) is 0 Å². The van der Waals surface area contributed by atoms with E-state index in [-0.39, 0.29) is 19.1 Å². The minimum absolute atomic E-state index is 0.123. The Hall–Kier alpha value is -1.02. The van der Waals surface area contributed by atoms with E-state index in [4.69, 9.17) is 42.6 Å². The molecule has 2 fully saturated rings. The Kier molecular flexibility index (Phi) is 8.78. The Balaban J connectivity index is 1.88. The van der Waals surface area contributed by atoms with Gasteiger partial charge in [0.1, 0.15) is 24.4 Å². The highest BCUT2D eigenvalue weighted by Crippen LogP contribution is 2.41. The monoisotopic (exact) mass is 506 g/mol. The normalized spacial score (nSPS) is 33.0. The van der Waals surface area contributed by atoms with Gasteiger partial charge in [-0.1, -0.05) is 6.92 Å². The second-order valence-electron chi connectivity index (χ2n) is 10.4. The molecule has 0 bridgehead atoms. The van der Waals surface area contributed by atoms with Gasteiger partial charge in [-0.05, 0) is 34.1 Å². The third-order valence-corrected chi connectivity index (χ3v) is 5.88. The second-order valence-corrected chi connectivity index (χ2v) is 10.4. The van der Waals surface area contributed by atoms with Crippen LogP contribution in [-0.4, -0.2) is 91.5 Å². The van der Waals surface area contributed by atoms with Crippen molar-refractivity contribution in [2.24, 2.45) is 0 Å². The lowest BCUT2D eigenvalue weighted by Crippen LogP contribution is -2.57. The number of aliphatic hydroxyl groups excluding tert-OH is 1. The van der Waals surface area contributed by atoms with Gasteiger partial charge >= 0.3 is 0 Å². The fourth-order valence-corrected chi connectivity index (χ4v) is 4.48. The van der Waals surface area contributed by atoms with Gasteiger partial charge in [0.05, 0.1) is 12.7 Å². The van der Waals surface area contributed by atoms with E-state index in [1.165, 1.54) is 28.1 Å². The van der Waals surface area contributed by atoms with Gasteiger partial charge in [0.25, 0.3) is 0 Å². The molecular weight excluding hydrogens is 464 g/mol. The summed E-state index contributed by atoms with van der Waals surface area (Å²) in [7, 11) is 2.97. The Bertz CT molecular complexity index is 740. The van der Waals surface area contributed by atoms with Gasteiger partial charge in [-0.2, -0.15) is 0 Å².